The molecule has 0 aromatic carbocycles. The van der Waals surface area contributed by atoms with Crippen LogP contribution in [0.3, 0.4) is 0 Å². The third-order valence-electron chi connectivity index (χ3n) is 2.70. The molecule has 2 heteroatoms. The summed E-state index contributed by atoms with van der Waals surface area (Å²) in [5.74, 6) is 1.44. The Morgan fingerprint density at radius 2 is 2.33 bits per heavy atom. The number of hydrogen-bond donors (Lipinski definition) is 2. The van der Waals surface area contributed by atoms with Crippen LogP contribution in [-0.4, -0.2) is 24.3 Å². The molecule has 1 saturated carbocycles. The van der Waals surface area contributed by atoms with Crippen molar-refractivity contribution in [1.82, 2.24) is 5.32 Å². The molecule has 0 spiro atoms. The number of aliphatic hydroxyl groups is 1. The highest BCUT2D eigenvalue weighted by Crippen LogP contribution is 2.38. The number of piperidine rings is 1. The van der Waals surface area contributed by atoms with Gasteiger partial charge < -0.3 is 10.4 Å². The molecule has 52 valence electrons. The lowest BCUT2D eigenvalue weighted by Gasteiger charge is -2.45. The second-order valence-electron chi connectivity index (χ2n) is 3.22. The molecule has 1 saturated heterocycles. The molecule has 3 atom stereocenters. The van der Waals surface area contributed by atoms with Gasteiger partial charge in [0.25, 0.3) is 0 Å². The van der Waals surface area contributed by atoms with Crippen LogP contribution in [0.5, 0.6) is 0 Å². The van der Waals surface area contributed by atoms with Crippen LogP contribution < -0.4 is 5.32 Å². The fraction of sp³-hybridized carbons (Fsp3) is 1.00. The van der Waals surface area contributed by atoms with Gasteiger partial charge in [0.15, 0.2) is 0 Å². The predicted octanol–water partition coefficient (Wildman–Crippen LogP) is -0.0233. The van der Waals surface area contributed by atoms with Gasteiger partial charge in [0.2, 0.25) is 0 Å². The second-order valence-corrected chi connectivity index (χ2v) is 3.22. The van der Waals surface area contributed by atoms with Gasteiger partial charge in [-0.1, -0.05) is 0 Å². The largest absolute Gasteiger partial charge is 0.393 e. The Bertz CT molecular complexity index is 113. The quantitative estimate of drug-likeness (QED) is 0.479. The van der Waals surface area contributed by atoms with Crippen LogP contribution in [0.25, 0.3) is 0 Å². The molecule has 0 bridgehead atoms. The summed E-state index contributed by atoms with van der Waals surface area (Å²) in [4.78, 5) is 0. The lowest BCUT2D eigenvalue weighted by atomic mass is 9.68. The maximum atomic E-state index is 9.22. The molecule has 0 amide bonds. The van der Waals surface area contributed by atoms with E-state index in [4.69, 9.17) is 0 Å². The van der Waals surface area contributed by atoms with Gasteiger partial charge >= 0.3 is 0 Å². The normalized spacial score (nSPS) is 49.7. The molecule has 1 heterocycles. The lowest BCUT2D eigenvalue weighted by Crippen LogP contribution is -2.51. The Labute approximate surface area is 55.3 Å². The van der Waals surface area contributed by atoms with Gasteiger partial charge in [0, 0.05) is 0 Å². The van der Waals surface area contributed by atoms with Crippen LogP contribution in [0.4, 0.5) is 0 Å². The number of fused-ring (bicyclic) bond motifs is 1. The average Bonchev–Trinajstić information content (AvgIpc) is 1.86. The van der Waals surface area contributed by atoms with E-state index in [9.17, 15) is 5.11 Å². The van der Waals surface area contributed by atoms with Gasteiger partial charge in [-0.15, -0.1) is 0 Å². The molecule has 0 radical (unpaired) electrons. The summed E-state index contributed by atoms with van der Waals surface area (Å²) < 4.78 is 0. The molecule has 0 aromatic heterocycles. The maximum absolute atomic E-state index is 9.22. The maximum Gasteiger partial charge on any atom is 0.0575 e. The highest BCUT2D eigenvalue weighted by molar-refractivity contribution is 4.93. The third-order valence-corrected chi connectivity index (χ3v) is 2.70. The monoisotopic (exact) mass is 127 g/mol. The first-order chi connectivity index (χ1) is 4.38. The number of rotatable bonds is 0. The van der Waals surface area contributed by atoms with Crippen molar-refractivity contribution >= 4 is 0 Å². The van der Waals surface area contributed by atoms with Gasteiger partial charge in [0.05, 0.1) is 6.10 Å². The van der Waals surface area contributed by atoms with E-state index in [1.54, 1.807) is 0 Å². The first-order valence-electron chi connectivity index (χ1n) is 3.76. The zero-order valence-corrected chi connectivity index (χ0v) is 5.51. The van der Waals surface area contributed by atoms with Crippen LogP contribution >= 0.6 is 0 Å². The first kappa shape index (κ1) is 5.69. The van der Waals surface area contributed by atoms with Gasteiger partial charge in [0.1, 0.15) is 0 Å². The third kappa shape index (κ3) is 0.775. The van der Waals surface area contributed by atoms with Gasteiger partial charge in [-0.3, -0.25) is 0 Å². The number of aliphatic hydroxyl groups excluding tert-OH is 1. The zero-order chi connectivity index (χ0) is 6.27. The Morgan fingerprint density at radius 3 is 2.89 bits per heavy atom. The van der Waals surface area contributed by atoms with Gasteiger partial charge in [-0.25, -0.2) is 0 Å². The van der Waals surface area contributed by atoms with Crippen molar-refractivity contribution < 1.29 is 5.11 Å². The van der Waals surface area contributed by atoms with Crippen molar-refractivity contribution in [3.8, 4) is 0 Å². The summed E-state index contributed by atoms with van der Waals surface area (Å²) in [6.07, 6.45) is 2.26. The van der Waals surface area contributed by atoms with Crippen molar-refractivity contribution in [2.24, 2.45) is 11.8 Å². The van der Waals surface area contributed by atoms with Crippen LogP contribution in [0, 0.1) is 11.8 Å². The lowest BCUT2D eigenvalue weighted by molar-refractivity contribution is -0.0484. The van der Waals surface area contributed by atoms with E-state index in [1.807, 2.05) is 0 Å². The van der Waals surface area contributed by atoms with Crippen molar-refractivity contribution in [2.45, 2.75) is 18.9 Å². The molecule has 2 rings (SSSR count). The van der Waals surface area contributed by atoms with E-state index < -0.39 is 0 Å². The molecular weight excluding hydrogens is 114 g/mol. The summed E-state index contributed by atoms with van der Waals surface area (Å²) in [5.41, 5.74) is 0. The van der Waals surface area contributed by atoms with E-state index in [1.165, 1.54) is 6.42 Å². The van der Waals surface area contributed by atoms with Crippen LogP contribution in [-0.2, 0) is 0 Å². The molecule has 0 aromatic rings. The van der Waals surface area contributed by atoms with Gasteiger partial charge in [-0.05, 0) is 37.8 Å². The molecule has 2 N–H and O–H groups in total. The molecular formula is C7H13NO. The molecule has 1 aliphatic heterocycles. The Morgan fingerprint density at radius 1 is 1.44 bits per heavy atom. The molecule has 2 fully saturated rings. The van der Waals surface area contributed by atoms with Crippen molar-refractivity contribution in [3.63, 3.8) is 0 Å². The fourth-order valence-corrected chi connectivity index (χ4v) is 2.00. The summed E-state index contributed by atoms with van der Waals surface area (Å²) in [5, 5.41) is 12.5. The molecule has 9 heavy (non-hydrogen) atoms. The summed E-state index contributed by atoms with van der Waals surface area (Å²) in [7, 11) is 0. The Balaban J connectivity index is 1.94. The Hall–Kier alpha value is -0.0800. The molecule has 2 nitrogen and oxygen atoms in total. The second kappa shape index (κ2) is 1.96. The van der Waals surface area contributed by atoms with E-state index in [0.717, 1.165) is 25.4 Å². The summed E-state index contributed by atoms with van der Waals surface area (Å²) in [6.45, 7) is 2.25. The molecule has 1 aliphatic carbocycles. The molecule has 2 aliphatic rings. The smallest absolute Gasteiger partial charge is 0.0575 e. The van der Waals surface area contributed by atoms with Crippen LogP contribution in [0.15, 0.2) is 0 Å². The highest BCUT2D eigenvalue weighted by Gasteiger charge is 2.40. The van der Waals surface area contributed by atoms with E-state index in [2.05, 4.69) is 5.32 Å². The van der Waals surface area contributed by atoms with E-state index >= 15 is 0 Å². The van der Waals surface area contributed by atoms with E-state index in [0.29, 0.717) is 5.92 Å². The van der Waals surface area contributed by atoms with Crippen LogP contribution in [0.1, 0.15) is 12.8 Å². The van der Waals surface area contributed by atoms with Crippen molar-refractivity contribution in [2.75, 3.05) is 13.1 Å². The number of hydrogen-bond acceptors (Lipinski definition) is 2. The van der Waals surface area contributed by atoms with Crippen molar-refractivity contribution in [1.29, 1.82) is 0 Å². The zero-order valence-electron chi connectivity index (χ0n) is 5.51. The van der Waals surface area contributed by atoms with E-state index in [-0.39, 0.29) is 6.10 Å². The fourth-order valence-electron chi connectivity index (χ4n) is 2.00. The Kier molecular flexibility index (Phi) is 1.24. The minimum Gasteiger partial charge on any atom is -0.393 e. The first-order valence-corrected chi connectivity index (χ1v) is 3.76. The SMILES string of the molecule is O[C@H]1C[C@H]2CNCC[C@H]21. The minimum atomic E-state index is 0.0390. The highest BCUT2D eigenvalue weighted by atomic mass is 16.3. The minimum absolute atomic E-state index is 0.0390. The van der Waals surface area contributed by atoms with Crippen molar-refractivity contribution in [3.05, 3.63) is 0 Å². The average molecular weight is 127 g/mol. The predicted molar refractivity (Wildman–Crippen MR) is 35.1 cm³/mol. The standard InChI is InChI=1S/C7H13NO/c9-7-3-5-4-8-2-1-6(5)7/h5-9H,1-4H2/t5-,6+,7-/m0/s1. The number of nitrogens with one attached hydrogen (secondary N) is 1. The topological polar surface area (TPSA) is 32.3 Å². The van der Waals surface area contributed by atoms with Gasteiger partial charge in [-0.2, -0.15) is 0 Å². The summed E-state index contributed by atoms with van der Waals surface area (Å²) >= 11 is 0. The molecule has 0 unspecified atom stereocenters. The summed E-state index contributed by atoms with van der Waals surface area (Å²) in [6, 6.07) is 0. The van der Waals surface area contributed by atoms with Crippen LogP contribution in [0.2, 0.25) is 0 Å².